The third-order valence-corrected chi connectivity index (χ3v) is 2.88. The van der Waals surface area contributed by atoms with Crippen LogP contribution in [0.1, 0.15) is 18.9 Å². The normalized spacial score (nSPS) is 11.7. The molecule has 0 bridgehead atoms. The van der Waals surface area contributed by atoms with Crippen molar-refractivity contribution in [2.24, 2.45) is 0 Å². The highest BCUT2D eigenvalue weighted by Crippen LogP contribution is 2.26. The van der Waals surface area contributed by atoms with Crippen LogP contribution in [0.15, 0.2) is 18.2 Å². The maximum Gasteiger partial charge on any atom is 0.401 e. The van der Waals surface area contributed by atoms with Gasteiger partial charge in [0, 0.05) is 19.7 Å². The maximum absolute atomic E-state index is 12.5. The highest BCUT2D eigenvalue weighted by atomic mass is 19.4. The molecule has 0 saturated heterocycles. The monoisotopic (exact) mass is 305 g/mol. The van der Waals surface area contributed by atoms with Crippen LogP contribution >= 0.6 is 0 Å². The molecule has 0 aliphatic rings. The van der Waals surface area contributed by atoms with Crippen molar-refractivity contribution in [3.05, 3.63) is 33.9 Å². The van der Waals surface area contributed by atoms with E-state index < -0.39 is 17.6 Å². The van der Waals surface area contributed by atoms with Crippen LogP contribution in [0.25, 0.3) is 0 Å². The van der Waals surface area contributed by atoms with Crippen LogP contribution in [-0.2, 0) is 6.54 Å². The average molecular weight is 305 g/mol. The quantitative estimate of drug-likeness (QED) is 0.619. The van der Waals surface area contributed by atoms with Crippen molar-refractivity contribution in [1.29, 1.82) is 0 Å². The van der Waals surface area contributed by atoms with Gasteiger partial charge in [-0.15, -0.1) is 0 Å². The molecule has 1 aromatic rings. The van der Waals surface area contributed by atoms with Crippen LogP contribution in [0, 0.1) is 10.1 Å². The number of nitro benzene ring substituents is 1. The molecule has 0 amide bonds. The molecule has 1 N–H and O–H groups in total. The molecule has 0 saturated carbocycles. The second kappa shape index (κ2) is 7.26. The van der Waals surface area contributed by atoms with Crippen molar-refractivity contribution >= 4 is 11.4 Å². The molecular formula is C13H18F3N3O2. The Morgan fingerprint density at radius 2 is 2.05 bits per heavy atom. The largest absolute Gasteiger partial charge is 0.401 e. The molecule has 0 aromatic heterocycles. The topological polar surface area (TPSA) is 58.4 Å². The summed E-state index contributed by atoms with van der Waals surface area (Å²) in [5.41, 5.74) is 0.794. The molecule has 0 heterocycles. The molecule has 1 aromatic carbocycles. The number of hydrogen-bond acceptors (Lipinski definition) is 4. The van der Waals surface area contributed by atoms with E-state index in [1.54, 1.807) is 6.92 Å². The molecule has 0 unspecified atom stereocenters. The van der Waals surface area contributed by atoms with E-state index in [0.717, 1.165) is 0 Å². The van der Waals surface area contributed by atoms with Gasteiger partial charge in [-0.3, -0.25) is 15.0 Å². The predicted octanol–water partition coefficient (Wildman–Crippen LogP) is 3.41. The summed E-state index contributed by atoms with van der Waals surface area (Å²) < 4.78 is 37.5. The number of halogens is 3. The van der Waals surface area contributed by atoms with Gasteiger partial charge in [0.05, 0.1) is 11.5 Å². The summed E-state index contributed by atoms with van der Waals surface area (Å²) in [6, 6.07) is 4.30. The molecule has 21 heavy (non-hydrogen) atoms. The molecular weight excluding hydrogens is 287 g/mol. The minimum absolute atomic E-state index is 0.0972. The van der Waals surface area contributed by atoms with Crippen LogP contribution in [0.2, 0.25) is 0 Å². The Bertz CT molecular complexity index is 492. The van der Waals surface area contributed by atoms with Gasteiger partial charge >= 0.3 is 6.18 Å². The number of nitrogens with zero attached hydrogens (tertiary/aromatic N) is 2. The lowest BCUT2D eigenvalue weighted by Crippen LogP contribution is -2.34. The molecule has 5 nitrogen and oxygen atoms in total. The van der Waals surface area contributed by atoms with Crippen molar-refractivity contribution in [2.75, 3.05) is 25.5 Å². The summed E-state index contributed by atoms with van der Waals surface area (Å²) in [6.07, 6.45) is -3.66. The molecule has 0 atom stereocenters. The van der Waals surface area contributed by atoms with E-state index in [1.165, 1.54) is 30.1 Å². The predicted molar refractivity (Wildman–Crippen MR) is 74.3 cm³/mol. The minimum Gasteiger partial charge on any atom is -0.383 e. The number of nitrogens with one attached hydrogen (secondary N) is 1. The first kappa shape index (κ1) is 17.2. The van der Waals surface area contributed by atoms with Gasteiger partial charge in [0.1, 0.15) is 5.69 Å². The van der Waals surface area contributed by atoms with Gasteiger partial charge < -0.3 is 5.32 Å². The van der Waals surface area contributed by atoms with Gasteiger partial charge in [0.15, 0.2) is 0 Å². The zero-order chi connectivity index (χ0) is 16.0. The van der Waals surface area contributed by atoms with Crippen LogP contribution < -0.4 is 5.32 Å². The third kappa shape index (κ3) is 5.58. The number of alkyl halides is 3. The first-order chi connectivity index (χ1) is 9.76. The summed E-state index contributed by atoms with van der Waals surface area (Å²) in [7, 11) is 1.53. The number of rotatable bonds is 7. The Kier molecular flexibility index (Phi) is 5.95. The van der Waals surface area contributed by atoms with Crippen molar-refractivity contribution in [2.45, 2.75) is 26.1 Å². The fourth-order valence-corrected chi connectivity index (χ4v) is 2.08. The summed E-state index contributed by atoms with van der Waals surface area (Å²) in [6.45, 7) is 1.22. The van der Waals surface area contributed by atoms with Crippen LogP contribution in [0.3, 0.4) is 0 Å². The van der Waals surface area contributed by atoms with E-state index in [-0.39, 0.29) is 12.2 Å². The Morgan fingerprint density at radius 3 is 2.52 bits per heavy atom. The lowest BCUT2D eigenvalue weighted by atomic mass is 10.1. The van der Waals surface area contributed by atoms with E-state index in [0.29, 0.717) is 24.2 Å². The van der Waals surface area contributed by atoms with E-state index in [2.05, 4.69) is 5.32 Å². The fourth-order valence-electron chi connectivity index (χ4n) is 2.08. The van der Waals surface area contributed by atoms with Crippen LogP contribution in [0.4, 0.5) is 24.5 Å². The standard InChI is InChI=1S/C13H18F3N3O2/c1-3-6-18(9-13(14,15)16)8-10-4-5-12(19(20)21)11(7-10)17-2/h4-5,7,17H,3,6,8-9H2,1-2H3. The van der Waals surface area contributed by atoms with E-state index in [4.69, 9.17) is 0 Å². The summed E-state index contributed by atoms with van der Waals surface area (Å²) in [4.78, 5) is 11.6. The Balaban J connectivity index is 2.91. The van der Waals surface area contributed by atoms with Crippen molar-refractivity contribution in [3.63, 3.8) is 0 Å². The summed E-state index contributed by atoms with van der Waals surface area (Å²) >= 11 is 0. The fraction of sp³-hybridized carbons (Fsp3) is 0.538. The SMILES string of the molecule is CCCN(Cc1ccc([N+](=O)[O-])c(NC)c1)CC(F)(F)F. The van der Waals surface area contributed by atoms with Gasteiger partial charge in [-0.05, 0) is 24.6 Å². The van der Waals surface area contributed by atoms with Gasteiger partial charge in [0.2, 0.25) is 0 Å². The minimum atomic E-state index is -4.26. The number of benzene rings is 1. The zero-order valence-electron chi connectivity index (χ0n) is 11.9. The molecule has 0 aliphatic heterocycles. The van der Waals surface area contributed by atoms with Gasteiger partial charge in [-0.2, -0.15) is 13.2 Å². The second-order valence-electron chi connectivity index (χ2n) is 4.68. The molecule has 0 spiro atoms. The summed E-state index contributed by atoms with van der Waals surface area (Å²) in [5, 5.41) is 13.5. The van der Waals surface area contributed by atoms with Crippen molar-refractivity contribution < 1.29 is 18.1 Å². The third-order valence-electron chi connectivity index (χ3n) is 2.88. The first-order valence-electron chi connectivity index (χ1n) is 6.51. The van der Waals surface area contributed by atoms with E-state index in [1.807, 2.05) is 0 Å². The smallest absolute Gasteiger partial charge is 0.383 e. The lowest BCUT2D eigenvalue weighted by molar-refractivity contribution is -0.384. The van der Waals surface area contributed by atoms with Gasteiger partial charge in [-0.25, -0.2) is 0 Å². The highest BCUT2D eigenvalue weighted by Gasteiger charge is 2.30. The Hall–Kier alpha value is -1.83. The average Bonchev–Trinajstić information content (AvgIpc) is 2.36. The van der Waals surface area contributed by atoms with Crippen molar-refractivity contribution in [1.82, 2.24) is 4.90 Å². The lowest BCUT2D eigenvalue weighted by Gasteiger charge is -2.23. The van der Waals surface area contributed by atoms with Gasteiger partial charge in [-0.1, -0.05) is 13.0 Å². The Labute approximate surface area is 120 Å². The molecule has 118 valence electrons. The molecule has 1 rings (SSSR count). The summed E-state index contributed by atoms with van der Waals surface area (Å²) in [5.74, 6) is 0. The maximum atomic E-state index is 12.5. The van der Waals surface area contributed by atoms with Crippen LogP contribution in [0.5, 0.6) is 0 Å². The highest BCUT2D eigenvalue weighted by molar-refractivity contribution is 5.62. The number of anilines is 1. The first-order valence-corrected chi connectivity index (χ1v) is 6.51. The number of hydrogen-bond donors (Lipinski definition) is 1. The van der Waals surface area contributed by atoms with Crippen LogP contribution in [-0.4, -0.2) is 36.1 Å². The molecule has 0 fully saturated rings. The Morgan fingerprint density at radius 1 is 1.38 bits per heavy atom. The van der Waals surface area contributed by atoms with Crippen molar-refractivity contribution in [3.8, 4) is 0 Å². The second-order valence-corrected chi connectivity index (χ2v) is 4.68. The van der Waals surface area contributed by atoms with Gasteiger partial charge in [0.25, 0.3) is 5.69 Å². The molecule has 0 radical (unpaired) electrons. The van der Waals surface area contributed by atoms with E-state index >= 15 is 0 Å². The molecule has 0 aliphatic carbocycles. The zero-order valence-corrected chi connectivity index (χ0v) is 11.9. The molecule has 8 heteroatoms. The number of nitro groups is 1. The van der Waals surface area contributed by atoms with E-state index in [9.17, 15) is 23.3 Å².